The van der Waals surface area contributed by atoms with E-state index in [4.69, 9.17) is 12.2 Å². The largest absolute Gasteiger partial charge is 0.384 e. The molecule has 42 valence electrons. The molecule has 1 nitrogen and oxygen atoms in total. The Morgan fingerprint density at radius 1 is 1.88 bits per heavy atom. The van der Waals surface area contributed by atoms with Crippen molar-refractivity contribution in [2.24, 2.45) is 5.73 Å². The second kappa shape index (κ2) is 4.69. The highest BCUT2D eigenvalue weighted by Crippen LogP contribution is 1.99. The van der Waals surface area contributed by atoms with Gasteiger partial charge < -0.3 is 5.73 Å². The molecule has 0 saturated carbocycles. The molecule has 0 saturated heterocycles. The summed E-state index contributed by atoms with van der Waals surface area (Å²) in [6, 6.07) is 0. The molecule has 0 aliphatic heterocycles. The van der Waals surface area contributed by atoms with E-state index in [1.54, 1.807) is 11.5 Å². The number of rotatable bonds is 1. The van der Waals surface area contributed by atoms with E-state index in [1.807, 2.05) is 0 Å². The first kappa shape index (κ1) is 7.54. The van der Waals surface area contributed by atoms with Crippen molar-refractivity contribution in [3.8, 4) is 12.3 Å². The van der Waals surface area contributed by atoms with Gasteiger partial charge in [-0.2, -0.15) is 0 Å². The van der Waals surface area contributed by atoms with E-state index >= 15 is 0 Å². The van der Waals surface area contributed by atoms with Crippen LogP contribution in [0.2, 0.25) is 0 Å². The van der Waals surface area contributed by atoms with Crippen molar-refractivity contribution >= 4 is 28.3 Å². The molecule has 0 bridgehead atoms. The number of terminal acetylenes is 1. The fraction of sp³-hybridized carbons (Fsp3) is 0. The number of thioether (sulfide) groups is 1. The first-order valence-corrected chi connectivity index (χ1v) is 3.13. The second-order valence-electron chi connectivity index (χ2n) is 0.906. The monoisotopic (exact) mass is 143 g/mol. The lowest BCUT2D eigenvalue weighted by Gasteiger charge is -1.82. The van der Waals surface area contributed by atoms with Gasteiger partial charge in [0.15, 0.2) is 0 Å². The topological polar surface area (TPSA) is 26.0 Å². The third-order valence-corrected chi connectivity index (χ3v) is 1.14. The second-order valence-corrected chi connectivity index (χ2v) is 2.55. The van der Waals surface area contributed by atoms with Gasteiger partial charge in [0.2, 0.25) is 0 Å². The predicted octanol–water partition coefficient (Wildman–Crippen LogP) is 1.11. The molecule has 0 spiro atoms. The number of nitrogens with two attached hydrogens (primary N) is 1. The molecule has 2 N–H and O–H groups in total. The minimum atomic E-state index is 0.386. The van der Waals surface area contributed by atoms with Crippen molar-refractivity contribution in [3.05, 3.63) is 11.5 Å². The maximum atomic E-state index is 5.11. The van der Waals surface area contributed by atoms with Crippen LogP contribution in [0, 0.1) is 12.3 Å². The maximum absolute atomic E-state index is 5.11. The third kappa shape index (κ3) is 5.54. The van der Waals surface area contributed by atoms with Gasteiger partial charge in [-0.25, -0.2) is 0 Å². The van der Waals surface area contributed by atoms with Crippen LogP contribution in [0.15, 0.2) is 11.5 Å². The van der Waals surface area contributed by atoms with Gasteiger partial charge in [0, 0.05) is 0 Å². The van der Waals surface area contributed by atoms with Gasteiger partial charge in [-0.05, 0) is 11.5 Å². The number of hydrogen-bond donors (Lipinski definition) is 1. The molecule has 0 aromatic heterocycles. The van der Waals surface area contributed by atoms with E-state index in [-0.39, 0.29) is 0 Å². The highest BCUT2D eigenvalue weighted by molar-refractivity contribution is 8.24. The molecule has 8 heavy (non-hydrogen) atoms. The highest BCUT2D eigenvalue weighted by atomic mass is 32.2. The minimum Gasteiger partial charge on any atom is -0.384 e. The summed E-state index contributed by atoms with van der Waals surface area (Å²) in [5, 5.41) is 1.67. The van der Waals surface area contributed by atoms with Crippen molar-refractivity contribution in [2.45, 2.75) is 0 Å². The van der Waals surface area contributed by atoms with E-state index < -0.39 is 0 Å². The Labute approximate surface area is 58.3 Å². The zero-order valence-corrected chi connectivity index (χ0v) is 5.76. The van der Waals surface area contributed by atoms with Crippen LogP contribution in [0.5, 0.6) is 0 Å². The van der Waals surface area contributed by atoms with Gasteiger partial charge in [0.25, 0.3) is 0 Å². The molecule has 0 aliphatic carbocycles. The van der Waals surface area contributed by atoms with E-state index in [0.717, 1.165) is 0 Å². The first-order valence-electron chi connectivity index (χ1n) is 1.84. The molecule has 0 aromatic carbocycles. The Hall–Kier alpha value is -0.460. The van der Waals surface area contributed by atoms with Crippen LogP contribution in [0.4, 0.5) is 0 Å². The summed E-state index contributed by atoms with van der Waals surface area (Å²) in [6.45, 7) is 0. The maximum Gasteiger partial charge on any atom is 0.135 e. The smallest absolute Gasteiger partial charge is 0.135 e. The van der Waals surface area contributed by atoms with Gasteiger partial charge in [0.05, 0.1) is 0 Å². The number of allylic oxidation sites excluding steroid dienone is 1. The summed E-state index contributed by atoms with van der Waals surface area (Å²) in [5.41, 5.74) is 5.11. The molecular formula is C5H5NS2. The Morgan fingerprint density at radius 2 is 2.50 bits per heavy atom. The molecular weight excluding hydrogens is 138 g/mol. The summed E-state index contributed by atoms with van der Waals surface area (Å²) < 4.78 is 0.386. The van der Waals surface area contributed by atoms with Gasteiger partial charge in [0.1, 0.15) is 4.32 Å². The average molecular weight is 143 g/mol. The van der Waals surface area contributed by atoms with Gasteiger partial charge in [-0.1, -0.05) is 29.9 Å². The van der Waals surface area contributed by atoms with Crippen molar-refractivity contribution in [1.29, 1.82) is 0 Å². The van der Waals surface area contributed by atoms with Crippen molar-refractivity contribution in [2.75, 3.05) is 0 Å². The van der Waals surface area contributed by atoms with Crippen molar-refractivity contribution in [3.63, 3.8) is 0 Å². The van der Waals surface area contributed by atoms with Crippen LogP contribution < -0.4 is 5.73 Å². The summed E-state index contributed by atoms with van der Waals surface area (Å²) >= 11 is 5.77. The van der Waals surface area contributed by atoms with E-state index in [1.165, 1.54) is 11.8 Å². The van der Waals surface area contributed by atoms with Crippen molar-refractivity contribution in [1.82, 2.24) is 0 Å². The lowest BCUT2D eigenvalue weighted by atomic mass is 10.7. The lowest BCUT2D eigenvalue weighted by Crippen LogP contribution is -1.98. The van der Waals surface area contributed by atoms with Gasteiger partial charge >= 0.3 is 0 Å². The molecule has 0 heterocycles. The molecule has 0 fully saturated rings. The first-order chi connectivity index (χ1) is 3.77. The zero-order valence-electron chi connectivity index (χ0n) is 4.13. The van der Waals surface area contributed by atoms with Crippen LogP contribution in [-0.2, 0) is 0 Å². The summed E-state index contributed by atoms with van der Waals surface area (Å²) in [6.07, 6.45) is 6.43. The third-order valence-electron chi connectivity index (χ3n) is 0.348. The molecule has 0 aromatic rings. The van der Waals surface area contributed by atoms with E-state index in [0.29, 0.717) is 4.32 Å². The van der Waals surface area contributed by atoms with Crippen LogP contribution in [0.25, 0.3) is 0 Å². The molecule has 0 aliphatic rings. The van der Waals surface area contributed by atoms with Crippen molar-refractivity contribution < 1.29 is 0 Å². The lowest BCUT2D eigenvalue weighted by molar-refractivity contribution is 1.91. The van der Waals surface area contributed by atoms with Crippen LogP contribution in [0.1, 0.15) is 0 Å². The standard InChI is InChI=1S/C5H5NS2/c1-2-3-4-8-5(6)7/h1,3-4H,(H2,6,7)/b4-3+. The minimum absolute atomic E-state index is 0.386. The Balaban J connectivity index is 3.34. The number of thiocarbonyl (C=S) groups is 1. The Kier molecular flexibility index (Phi) is 4.42. The summed E-state index contributed by atoms with van der Waals surface area (Å²) in [4.78, 5) is 0. The fourth-order valence-corrected chi connectivity index (χ4v) is 0.588. The molecule has 0 unspecified atom stereocenters. The zero-order chi connectivity index (χ0) is 6.41. The van der Waals surface area contributed by atoms with Crippen LogP contribution in [-0.4, -0.2) is 4.32 Å². The quantitative estimate of drug-likeness (QED) is 0.440. The highest BCUT2D eigenvalue weighted by Gasteiger charge is 1.78. The molecule has 0 atom stereocenters. The van der Waals surface area contributed by atoms with Gasteiger partial charge in [-0.3, -0.25) is 0 Å². The van der Waals surface area contributed by atoms with E-state index in [9.17, 15) is 0 Å². The normalized spacial score (nSPS) is 8.88. The van der Waals surface area contributed by atoms with Crippen LogP contribution >= 0.6 is 24.0 Å². The van der Waals surface area contributed by atoms with E-state index in [2.05, 4.69) is 18.1 Å². The predicted molar refractivity (Wildman–Crippen MR) is 42.3 cm³/mol. The average Bonchev–Trinajstić information content (AvgIpc) is 1.66. The molecule has 0 amide bonds. The molecule has 3 heteroatoms. The van der Waals surface area contributed by atoms with Gasteiger partial charge in [-0.15, -0.1) is 6.42 Å². The SMILES string of the molecule is C#C/C=C/SC(N)=S. The molecule has 0 radical (unpaired) electrons. The molecule has 0 rings (SSSR count). The number of hydrogen-bond acceptors (Lipinski definition) is 2. The summed E-state index contributed by atoms with van der Waals surface area (Å²) in [7, 11) is 0. The fourth-order valence-electron chi connectivity index (χ4n) is 0.140. The van der Waals surface area contributed by atoms with Crippen LogP contribution in [0.3, 0.4) is 0 Å². The Morgan fingerprint density at radius 3 is 2.88 bits per heavy atom. The Bertz CT molecular complexity index is 143. The summed E-state index contributed by atoms with van der Waals surface area (Å²) in [5.74, 6) is 2.31.